The first-order valence-electron chi connectivity index (χ1n) is 9.40. The zero-order valence-corrected chi connectivity index (χ0v) is 18.0. The maximum absolute atomic E-state index is 12.9. The average Bonchev–Trinajstić information content (AvgIpc) is 3.21. The molecule has 0 spiro atoms. The van der Waals surface area contributed by atoms with E-state index >= 15 is 0 Å². The maximum Gasteiger partial charge on any atom is 0.350 e. The van der Waals surface area contributed by atoms with Crippen LogP contribution >= 0.6 is 11.3 Å². The third-order valence-corrected chi connectivity index (χ3v) is 7.99. The zero-order chi connectivity index (χ0) is 21.0. The minimum atomic E-state index is -3.61. The number of benzene rings is 1. The molecule has 1 amide bonds. The van der Waals surface area contributed by atoms with Gasteiger partial charge in [0.05, 0.1) is 17.7 Å². The highest BCUT2D eigenvalue weighted by molar-refractivity contribution is 7.89. The molecule has 1 heterocycles. The Labute approximate surface area is 174 Å². The number of nitrogens with zero attached hydrogens (tertiary/aromatic N) is 1. The van der Waals surface area contributed by atoms with Gasteiger partial charge in [-0.25, -0.2) is 13.2 Å². The average molecular weight is 437 g/mol. The van der Waals surface area contributed by atoms with Crippen LogP contribution in [0.15, 0.2) is 40.6 Å². The summed E-state index contributed by atoms with van der Waals surface area (Å²) >= 11 is 1.17. The molecule has 0 unspecified atom stereocenters. The summed E-state index contributed by atoms with van der Waals surface area (Å²) < 4.78 is 31.9. The molecule has 0 radical (unpaired) electrons. The smallest absolute Gasteiger partial charge is 0.350 e. The lowest BCUT2D eigenvalue weighted by Gasteiger charge is -2.30. The summed E-state index contributed by atoms with van der Waals surface area (Å²) in [7, 11) is -0.713. The number of hydrogen-bond donors (Lipinski definition) is 1. The van der Waals surface area contributed by atoms with E-state index in [9.17, 15) is 18.0 Å². The van der Waals surface area contributed by atoms with Crippen LogP contribution in [0.25, 0.3) is 0 Å². The quantitative estimate of drug-likeness (QED) is 0.697. The predicted octanol–water partition coefficient (Wildman–Crippen LogP) is 3.74. The van der Waals surface area contributed by atoms with Crippen molar-refractivity contribution in [3.8, 4) is 0 Å². The van der Waals surface area contributed by atoms with Gasteiger partial charge in [0.15, 0.2) is 0 Å². The summed E-state index contributed by atoms with van der Waals surface area (Å²) in [6, 6.07) is 7.47. The largest absolute Gasteiger partial charge is 0.465 e. The van der Waals surface area contributed by atoms with Crippen LogP contribution in [-0.2, 0) is 14.8 Å². The Morgan fingerprint density at radius 3 is 2.38 bits per heavy atom. The maximum atomic E-state index is 12.9. The predicted molar refractivity (Wildman–Crippen MR) is 112 cm³/mol. The molecule has 29 heavy (non-hydrogen) atoms. The van der Waals surface area contributed by atoms with Gasteiger partial charge in [0.1, 0.15) is 4.88 Å². The van der Waals surface area contributed by atoms with Crippen molar-refractivity contribution >= 4 is 38.9 Å². The van der Waals surface area contributed by atoms with E-state index in [1.165, 1.54) is 47.0 Å². The number of carbonyl (C=O) groups is 2. The van der Waals surface area contributed by atoms with Gasteiger partial charge >= 0.3 is 5.97 Å². The first-order chi connectivity index (χ1) is 13.8. The van der Waals surface area contributed by atoms with Crippen molar-refractivity contribution in [3.05, 3.63) is 46.2 Å². The minimum absolute atomic E-state index is 0.0204. The van der Waals surface area contributed by atoms with E-state index in [0.717, 1.165) is 32.1 Å². The van der Waals surface area contributed by atoms with E-state index in [1.807, 2.05) is 0 Å². The molecule has 0 bridgehead atoms. The van der Waals surface area contributed by atoms with Crippen LogP contribution in [0.1, 0.15) is 52.1 Å². The van der Waals surface area contributed by atoms with Gasteiger partial charge in [-0.3, -0.25) is 4.79 Å². The lowest BCUT2D eigenvalue weighted by molar-refractivity contribution is 0.0607. The third-order valence-electron chi connectivity index (χ3n) is 5.17. The number of amides is 1. The van der Waals surface area contributed by atoms with Crippen LogP contribution < -0.4 is 5.32 Å². The Morgan fingerprint density at radius 2 is 1.76 bits per heavy atom. The molecule has 1 aromatic heterocycles. The number of carbonyl (C=O) groups excluding carboxylic acids is 2. The van der Waals surface area contributed by atoms with Gasteiger partial charge in [0.2, 0.25) is 10.0 Å². The van der Waals surface area contributed by atoms with Crippen molar-refractivity contribution in [1.29, 1.82) is 0 Å². The number of ether oxygens (including phenoxy) is 1. The molecule has 1 N–H and O–H groups in total. The normalized spacial score (nSPS) is 15.3. The standard InChI is InChI=1S/C20H24N2O5S2/c1-22(15-6-4-3-5-7-15)29(25,26)16-10-8-14(9-11-16)19(23)21-17-12-13-28-18(17)20(24)27-2/h8-13,15H,3-7H2,1-2H3,(H,21,23). The molecule has 0 atom stereocenters. The Morgan fingerprint density at radius 1 is 1.10 bits per heavy atom. The summed E-state index contributed by atoms with van der Waals surface area (Å²) in [5.74, 6) is -0.958. The number of methoxy groups -OCH3 is 1. The fourth-order valence-corrected chi connectivity index (χ4v) is 5.62. The fraction of sp³-hybridized carbons (Fsp3) is 0.400. The van der Waals surface area contributed by atoms with E-state index in [0.29, 0.717) is 16.1 Å². The highest BCUT2D eigenvalue weighted by Crippen LogP contribution is 2.27. The van der Waals surface area contributed by atoms with Gasteiger partial charge in [-0.05, 0) is 48.6 Å². The second-order valence-corrected chi connectivity index (χ2v) is 9.86. The summed E-state index contributed by atoms with van der Waals surface area (Å²) in [6.45, 7) is 0. The summed E-state index contributed by atoms with van der Waals surface area (Å²) in [5.41, 5.74) is 0.659. The van der Waals surface area contributed by atoms with Gasteiger partial charge in [-0.2, -0.15) is 4.31 Å². The summed E-state index contributed by atoms with van der Waals surface area (Å²) in [4.78, 5) is 24.7. The van der Waals surface area contributed by atoms with Crippen molar-refractivity contribution < 1.29 is 22.7 Å². The first kappa shape index (κ1) is 21.5. The number of esters is 1. The van der Waals surface area contributed by atoms with Gasteiger partial charge in [0, 0.05) is 18.7 Å². The lowest BCUT2D eigenvalue weighted by Crippen LogP contribution is -2.38. The molecule has 1 fully saturated rings. The topological polar surface area (TPSA) is 92.8 Å². The Balaban J connectivity index is 1.73. The molecule has 1 saturated carbocycles. The van der Waals surface area contributed by atoms with Crippen LogP contribution in [-0.4, -0.2) is 44.8 Å². The van der Waals surface area contributed by atoms with Crippen molar-refractivity contribution in [2.24, 2.45) is 0 Å². The van der Waals surface area contributed by atoms with Crippen molar-refractivity contribution in [2.75, 3.05) is 19.5 Å². The van der Waals surface area contributed by atoms with E-state index in [1.54, 1.807) is 18.5 Å². The highest BCUT2D eigenvalue weighted by atomic mass is 32.2. The number of anilines is 1. The monoisotopic (exact) mass is 436 g/mol. The fourth-order valence-electron chi connectivity index (χ4n) is 3.44. The molecule has 0 saturated heterocycles. The first-order valence-corrected chi connectivity index (χ1v) is 11.7. The van der Waals surface area contributed by atoms with Crippen LogP contribution in [0.2, 0.25) is 0 Å². The molecule has 0 aliphatic heterocycles. The van der Waals surface area contributed by atoms with E-state index in [-0.39, 0.29) is 10.9 Å². The summed E-state index contributed by atoms with van der Waals surface area (Å²) in [5, 5.41) is 4.34. The molecular formula is C20H24N2O5S2. The Kier molecular flexibility index (Phi) is 6.71. The van der Waals surface area contributed by atoms with Crippen molar-refractivity contribution in [2.45, 2.75) is 43.0 Å². The number of nitrogens with one attached hydrogen (secondary N) is 1. The number of sulfonamides is 1. The zero-order valence-electron chi connectivity index (χ0n) is 16.4. The van der Waals surface area contributed by atoms with Crippen molar-refractivity contribution in [1.82, 2.24) is 4.31 Å². The molecule has 156 valence electrons. The van der Waals surface area contributed by atoms with Gasteiger partial charge in [-0.15, -0.1) is 11.3 Å². The SMILES string of the molecule is COC(=O)c1sccc1NC(=O)c1ccc(S(=O)(=O)N(C)C2CCCCC2)cc1. The molecule has 9 heteroatoms. The second-order valence-electron chi connectivity index (χ2n) is 6.95. The van der Waals surface area contributed by atoms with E-state index in [2.05, 4.69) is 5.32 Å². The Bertz CT molecular complexity index is 977. The van der Waals surface area contributed by atoms with Crippen LogP contribution in [0, 0.1) is 0 Å². The number of thiophene rings is 1. The van der Waals surface area contributed by atoms with Crippen LogP contribution in [0.5, 0.6) is 0 Å². The van der Waals surface area contributed by atoms with E-state index in [4.69, 9.17) is 4.74 Å². The van der Waals surface area contributed by atoms with Gasteiger partial charge in [-0.1, -0.05) is 19.3 Å². The molecule has 1 aliphatic rings. The van der Waals surface area contributed by atoms with Crippen molar-refractivity contribution in [3.63, 3.8) is 0 Å². The minimum Gasteiger partial charge on any atom is -0.465 e. The molecule has 1 aromatic carbocycles. The Hall–Kier alpha value is -2.23. The van der Waals surface area contributed by atoms with Gasteiger partial charge in [0.25, 0.3) is 5.91 Å². The molecule has 7 nitrogen and oxygen atoms in total. The molecule has 3 rings (SSSR count). The number of rotatable bonds is 6. The van der Waals surface area contributed by atoms with Gasteiger partial charge < -0.3 is 10.1 Å². The number of hydrogen-bond acceptors (Lipinski definition) is 6. The van der Waals surface area contributed by atoms with E-state index < -0.39 is 21.9 Å². The molecule has 2 aromatic rings. The summed E-state index contributed by atoms with van der Waals surface area (Å²) in [6.07, 6.45) is 4.98. The third kappa shape index (κ3) is 4.68. The molecular weight excluding hydrogens is 412 g/mol. The lowest BCUT2D eigenvalue weighted by atomic mass is 9.96. The van der Waals surface area contributed by atoms with Crippen LogP contribution in [0.3, 0.4) is 0 Å². The second kappa shape index (κ2) is 9.06. The van der Waals surface area contributed by atoms with Crippen LogP contribution in [0.4, 0.5) is 5.69 Å². The molecule has 1 aliphatic carbocycles. The highest BCUT2D eigenvalue weighted by Gasteiger charge is 2.29.